The Kier molecular flexibility index (Phi) is 5.97. The molecule has 0 saturated carbocycles. The predicted molar refractivity (Wildman–Crippen MR) is 125 cm³/mol. The van der Waals surface area contributed by atoms with Gasteiger partial charge in [-0.15, -0.1) is 0 Å². The van der Waals surface area contributed by atoms with Crippen molar-refractivity contribution in [1.29, 1.82) is 0 Å². The maximum Gasteiger partial charge on any atom is 0.255 e. The maximum atomic E-state index is 14.4. The van der Waals surface area contributed by atoms with Crippen LogP contribution >= 0.6 is 0 Å². The van der Waals surface area contributed by atoms with E-state index in [-0.39, 0.29) is 23.6 Å². The molecule has 1 saturated heterocycles. The van der Waals surface area contributed by atoms with E-state index >= 15 is 0 Å². The number of hydrogen-bond donors (Lipinski definition) is 4. The molecule has 34 heavy (non-hydrogen) atoms. The van der Waals surface area contributed by atoms with E-state index in [4.69, 9.17) is 19.9 Å². The second-order valence-electron chi connectivity index (χ2n) is 8.20. The fraction of sp³-hybridized carbons (Fsp3) is 0.333. The molecule has 2 aliphatic heterocycles. The molecule has 0 aliphatic carbocycles. The molecule has 1 aromatic carbocycles. The van der Waals surface area contributed by atoms with E-state index in [1.807, 2.05) is 0 Å². The number of nitrogens with two attached hydrogens (primary N) is 1. The lowest BCUT2D eigenvalue weighted by Crippen LogP contribution is -2.31. The molecule has 0 spiro atoms. The molecule has 1 amide bonds. The Morgan fingerprint density at radius 2 is 2.21 bits per heavy atom. The highest BCUT2D eigenvalue weighted by atomic mass is 19.1. The summed E-state index contributed by atoms with van der Waals surface area (Å²) in [5, 5.41) is 6.08. The van der Waals surface area contributed by atoms with Crippen molar-refractivity contribution >= 4 is 23.1 Å². The van der Waals surface area contributed by atoms with Crippen LogP contribution in [-0.4, -0.2) is 48.8 Å². The van der Waals surface area contributed by atoms with Gasteiger partial charge in [0, 0.05) is 37.0 Å². The average molecular weight is 468 g/mol. The second kappa shape index (κ2) is 9.22. The lowest BCUT2D eigenvalue weighted by Gasteiger charge is -2.18. The number of ether oxygens (including phenoxy) is 3. The molecule has 9 nitrogen and oxygen atoms in total. The molecular formula is C24H26FN5O4. The number of carbonyl (C=O) groups excluding carboxylic acids is 1. The number of amides is 1. The lowest BCUT2D eigenvalue weighted by molar-refractivity contribution is 0.0683. The van der Waals surface area contributed by atoms with Crippen LogP contribution < -0.4 is 25.8 Å². The lowest BCUT2D eigenvalue weighted by atomic mass is 10.0. The Morgan fingerprint density at radius 3 is 3.00 bits per heavy atom. The van der Waals surface area contributed by atoms with Crippen LogP contribution in [0.1, 0.15) is 28.9 Å². The van der Waals surface area contributed by atoms with Gasteiger partial charge in [-0.3, -0.25) is 4.79 Å². The quantitative estimate of drug-likeness (QED) is 0.420. The summed E-state index contributed by atoms with van der Waals surface area (Å²) in [6.07, 6.45) is 4.09. The highest BCUT2D eigenvalue weighted by Crippen LogP contribution is 2.43. The first kappa shape index (κ1) is 22.0. The van der Waals surface area contributed by atoms with Crippen molar-refractivity contribution in [2.75, 3.05) is 37.9 Å². The van der Waals surface area contributed by atoms with Gasteiger partial charge in [-0.05, 0) is 31.0 Å². The van der Waals surface area contributed by atoms with Crippen LogP contribution in [0.15, 0.2) is 30.5 Å². The number of fused-ring (bicyclic) bond motifs is 1. The predicted octanol–water partition coefficient (Wildman–Crippen LogP) is 3.39. The van der Waals surface area contributed by atoms with E-state index in [1.165, 1.54) is 13.2 Å². The summed E-state index contributed by atoms with van der Waals surface area (Å²) >= 11 is 0. The minimum absolute atomic E-state index is 0.00997. The van der Waals surface area contributed by atoms with Gasteiger partial charge in [0.25, 0.3) is 5.91 Å². The monoisotopic (exact) mass is 467 g/mol. The maximum absolute atomic E-state index is 14.4. The van der Waals surface area contributed by atoms with Crippen molar-refractivity contribution in [1.82, 2.24) is 15.3 Å². The molecule has 3 aromatic rings. The largest absolute Gasteiger partial charge is 0.492 e. The van der Waals surface area contributed by atoms with Crippen molar-refractivity contribution < 1.29 is 23.4 Å². The van der Waals surface area contributed by atoms with Gasteiger partial charge in [0.05, 0.1) is 35.8 Å². The molecule has 0 bridgehead atoms. The number of methoxy groups -OCH3 is 1. The van der Waals surface area contributed by atoms with Gasteiger partial charge in [0.15, 0.2) is 23.1 Å². The fourth-order valence-electron chi connectivity index (χ4n) is 4.42. The smallest absolute Gasteiger partial charge is 0.255 e. The van der Waals surface area contributed by atoms with Gasteiger partial charge in [0.2, 0.25) is 0 Å². The first-order chi connectivity index (χ1) is 16.6. The Bertz CT molecular complexity index is 1220. The van der Waals surface area contributed by atoms with Gasteiger partial charge in [0.1, 0.15) is 6.61 Å². The zero-order valence-corrected chi connectivity index (χ0v) is 18.7. The summed E-state index contributed by atoms with van der Waals surface area (Å²) < 4.78 is 31.4. The average Bonchev–Trinajstić information content (AvgIpc) is 3.47. The second-order valence-corrected chi connectivity index (χ2v) is 8.20. The number of aromatic amines is 1. The minimum Gasteiger partial charge on any atom is -0.492 e. The van der Waals surface area contributed by atoms with Crippen molar-refractivity contribution in [3.05, 3.63) is 47.5 Å². The molecule has 2 aliphatic rings. The SMILES string of the molecule is COc1c(F)cccc1Nc1c(-c2ccnc(N)c2OC[C@H]2CCCO2)[nH]c2c1C(=O)NCC2. The molecule has 0 unspecified atom stereocenters. The number of H-pyrrole nitrogens is 1. The number of hydrogen-bond acceptors (Lipinski definition) is 7. The third-order valence-electron chi connectivity index (χ3n) is 6.04. The normalized spacial score (nSPS) is 17.2. The molecule has 5 rings (SSSR count). The van der Waals surface area contributed by atoms with Crippen LogP contribution in [0.5, 0.6) is 11.5 Å². The van der Waals surface area contributed by atoms with Crippen molar-refractivity contribution in [3.63, 3.8) is 0 Å². The topological polar surface area (TPSA) is 124 Å². The van der Waals surface area contributed by atoms with Crippen LogP contribution in [0, 0.1) is 5.82 Å². The molecule has 2 aromatic heterocycles. The summed E-state index contributed by atoms with van der Waals surface area (Å²) in [5.41, 5.74) is 9.49. The van der Waals surface area contributed by atoms with Gasteiger partial charge < -0.3 is 35.6 Å². The fourth-order valence-corrected chi connectivity index (χ4v) is 4.42. The third kappa shape index (κ3) is 4.01. The summed E-state index contributed by atoms with van der Waals surface area (Å²) in [7, 11) is 1.39. The summed E-state index contributed by atoms with van der Waals surface area (Å²) in [6, 6.07) is 6.33. The van der Waals surface area contributed by atoms with Gasteiger partial charge in [-0.25, -0.2) is 9.37 Å². The summed E-state index contributed by atoms with van der Waals surface area (Å²) in [4.78, 5) is 20.4. The molecule has 0 radical (unpaired) electrons. The van der Waals surface area contributed by atoms with Crippen LogP contribution in [0.2, 0.25) is 0 Å². The molecule has 1 atom stereocenters. The van der Waals surface area contributed by atoms with Crippen molar-refractivity contribution in [2.45, 2.75) is 25.4 Å². The number of aromatic nitrogens is 2. The van der Waals surface area contributed by atoms with Gasteiger partial charge in [-0.2, -0.15) is 0 Å². The van der Waals surface area contributed by atoms with E-state index in [0.29, 0.717) is 60.1 Å². The van der Waals surface area contributed by atoms with E-state index in [1.54, 1.807) is 24.4 Å². The first-order valence-corrected chi connectivity index (χ1v) is 11.2. The zero-order chi connectivity index (χ0) is 23.7. The number of benzene rings is 1. The standard InChI is InChI=1S/C24H26FN5O4/c1-32-22-15(25)5-2-6-17(22)30-20-18-16(8-10-28-24(18)31)29-19(20)14-7-9-27-23(26)21(14)34-12-13-4-3-11-33-13/h2,5-7,9,13,29-30H,3-4,8,10-12H2,1H3,(H2,26,27)(H,28,31)/t13-/m1/s1. The van der Waals surface area contributed by atoms with E-state index in [2.05, 4.69) is 20.6 Å². The summed E-state index contributed by atoms with van der Waals surface area (Å²) in [6.45, 7) is 1.56. The number of para-hydroxylation sites is 1. The van der Waals surface area contributed by atoms with Crippen LogP contribution in [0.4, 0.5) is 21.6 Å². The third-order valence-corrected chi connectivity index (χ3v) is 6.04. The molecule has 5 N–H and O–H groups in total. The van der Waals surface area contributed by atoms with Gasteiger partial charge >= 0.3 is 0 Å². The summed E-state index contributed by atoms with van der Waals surface area (Å²) in [5.74, 6) is -0.0843. The molecule has 10 heteroatoms. The number of anilines is 3. The zero-order valence-electron chi connectivity index (χ0n) is 18.7. The van der Waals surface area contributed by atoms with Gasteiger partial charge in [-0.1, -0.05) is 6.07 Å². The Hall–Kier alpha value is -3.79. The van der Waals surface area contributed by atoms with Crippen molar-refractivity contribution in [2.24, 2.45) is 0 Å². The molecule has 1 fully saturated rings. The number of carbonyl (C=O) groups is 1. The van der Waals surface area contributed by atoms with Crippen LogP contribution in [0.3, 0.4) is 0 Å². The number of rotatable bonds is 7. The molecule has 178 valence electrons. The Labute approximate surface area is 195 Å². The van der Waals surface area contributed by atoms with Crippen LogP contribution in [-0.2, 0) is 11.2 Å². The number of nitrogens with one attached hydrogen (secondary N) is 3. The minimum atomic E-state index is -0.517. The number of nitrogen functional groups attached to an aromatic ring is 1. The highest BCUT2D eigenvalue weighted by Gasteiger charge is 2.29. The first-order valence-electron chi connectivity index (χ1n) is 11.2. The number of halogens is 1. The van der Waals surface area contributed by atoms with Crippen molar-refractivity contribution in [3.8, 4) is 22.8 Å². The van der Waals surface area contributed by atoms with E-state index < -0.39 is 5.82 Å². The Morgan fingerprint density at radius 1 is 1.32 bits per heavy atom. The molecular weight excluding hydrogens is 441 g/mol. The highest BCUT2D eigenvalue weighted by molar-refractivity contribution is 6.06. The van der Waals surface area contributed by atoms with Crippen LogP contribution in [0.25, 0.3) is 11.3 Å². The molecule has 4 heterocycles. The number of nitrogens with zero attached hydrogens (tertiary/aromatic N) is 1. The van der Waals surface area contributed by atoms with E-state index in [0.717, 1.165) is 18.5 Å². The van der Waals surface area contributed by atoms with E-state index in [9.17, 15) is 9.18 Å². The number of pyridine rings is 1. The Balaban J connectivity index is 1.61.